The minimum atomic E-state index is -0.186. The molecule has 3 heteroatoms. The molecule has 0 heterocycles. The molecule has 0 unspecified atom stereocenters. The van der Waals surface area contributed by atoms with Crippen LogP contribution in [-0.4, -0.2) is 13.1 Å². The topological polar surface area (TPSA) is 12.0 Å². The summed E-state index contributed by atoms with van der Waals surface area (Å²) in [6, 6.07) is 5.00. The Labute approximate surface area is 121 Å². The summed E-state index contributed by atoms with van der Waals surface area (Å²) in [5.41, 5.74) is 0.899. The summed E-state index contributed by atoms with van der Waals surface area (Å²) in [6.07, 6.45) is 3.98. The Morgan fingerprint density at radius 1 is 1.21 bits per heavy atom. The number of hydrogen-bond donors (Lipinski definition) is 1. The summed E-state index contributed by atoms with van der Waals surface area (Å²) in [4.78, 5) is 0. The number of benzene rings is 1. The molecule has 0 bridgehead atoms. The largest absolute Gasteiger partial charge is 0.316 e. The lowest BCUT2D eigenvalue weighted by Gasteiger charge is -2.32. The molecule has 19 heavy (non-hydrogen) atoms. The van der Waals surface area contributed by atoms with Gasteiger partial charge in [-0.3, -0.25) is 0 Å². The Hall–Kier alpha value is -0.600. The summed E-state index contributed by atoms with van der Waals surface area (Å²) in [5, 5.41) is 3.94. The van der Waals surface area contributed by atoms with E-state index in [-0.39, 0.29) is 11.2 Å². The van der Waals surface area contributed by atoms with Crippen molar-refractivity contribution in [1.82, 2.24) is 5.32 Å². The van der Waals surface area contributed by atoms with Gasteiger partial charge in [-0.2, -0.15) is 0 Å². The Bertz CT molecular complexity index is 388. The van der Waals surface area contributed by atoms with Crippen molar-refractivity contribution < 1.29 is 4.39 Å². The van der Waals surface area contributed by atoms with E-state index in [1.54, 1.807) is 6.07 Å². The first-order valence-electron chi connectivity index (χ1n) is 7.21. The second-order valence-corrected chi connectivity index (χ2v) is 5.73. The Morgan fingerprint density at radius 3 is 2.42 bits per heavy atom. The fourth-order valence-electron chi connectivity index (χ4n) is 2.41. The molecule has 0 aliphatic heterocycles. The second-order valence-electron chi connectivity index (χ2n) is 5.30. The molecule has 0 aromatic heterocycles. The molecule has 0 radical (unpaired) electrons. The van der Waals surface area contributed by atoms with Gasteiger partial charge in [-0.1, -0.05) is 38.4 Å². The minimum Gasteiger partial charge on any atom is -0.316 e. The lowest BCUT2D eigenvalue weighted by molar-refractivity contribution is 0.244. The number of rotatable bonds is 8. The van der Waals surface area contributed by atoms with Gasteiger partial charge in [0.05, 0.1) is 0 Å². The molecule has 108 valence electrons. The van der Waals surface area contributed by atoms with Gasteiger partial charge in [-0.05, 0) is 55.3 Å². The SMILES string of the molecule is CCCNCC(CC)(CC)Cc1ccc(Cl)cc1F. The van der Waals surface area contributed by atoms with E-state index in [4.69, 9.17) is 11.6 Å². The van der Waals surface area contributed by atoms with Crippen LogP contribution in [0.5, 0.6) is 0 Å². The van der Waals surface area contributed by atoms with Crippen molar-refractivity contribution in [3.8, 4) is 0 Å². The van der Waals surface area contributed by atoms with Crippen LogP contribution in [0.1, 0.15) is 45.6 Å². The van der Waals surface area contributed by atoms with E-state index in [1.165, 1.54) is 6.07 Å². The van der Waals surface area contributed by atoms with E-state index >= 15 is 0 Å². The normalized spacial score (nSPS) is 11.8. The molecule has 0 saturated carbocycles. The van der Waals surface area contributed by atoms with Crippen LogP contribution in [0, 0.1) is 11.2 Å². The van der Waals surface area contributed by atoms with Gasteiger partial charge in [-0.15, -0.1) is 0 Å². The molecular formula is C16H25ClFN. The van der Waals surface area contributed by atoms with Gasteiger partial charge in [0.1, 0.15) is 5.82 Å². The third kappa shape index (κ3) is 4.77. The minimum absolute atomic E-state index is 0.129. The molecule has 0 atom stereocenters. The van der Waals surface area contributed by atoms with Gasteiger partial charge in [0.15, 0.2) is 0 Å². The van der Waals surface area contributed by atoms with Crippen molar-refractivity contribution in [3.05, 3.63) is 34.6 Å². The van der Waals surface area contributed by atoms with Crippen molar-refractivity contribution in [2.45, 2.75) is 46.5 Å². The van der Waals surface area contributed by atoms with E-state index in [9.17, 15) is 4.39 Å². The lowest BCUT2D eigenvalue weighted by atomic mass is 9.76. The Balaban J connectivity index is 2.81. The zero-order chi connectivity index (χ0) is 14.3. The van der Waals surface area contributed by atoms with Crippen molar-refractivity contribution in [1.29, 1.82) is 0 Å². The van der Waals surface area contributed by atoms with Crippen LogP contribution in [0.15, 0.2) is 18.2 Å². The first kappa shape index (κ1) is 16.5. The van der Waals surface area contributed by atoms with E-state index in [1.807, 2.05) is 6.07 Å². The molecule has 0 spiro atoms. The van der Waals surface area contributed by atoms with Crippen LogP contribution < -0.4 is 5.32 Å². The van der Waals surface area contributed by atoms with Gasteiger partial charge >= 0.3 is 0 Å². The Kier molecular flexibility index (Phi) is 6.81. The summed E-state index contributed by atoms with van der Waals surface area (Å²) < 4.78 is 13.9. The summed E-state index contributed by atoms with van der Waals surface area (Å²) in [6.45, 7) is 8.49. The maximum absolute atomic E-state index is 13.9. The van der Waals surface area contributed by atoms with Gasteiger partial charge in [0, 0.05) is 11.6 Å². The summed E-state index contributed by atoms with van der Waals surface area (Å²) in [5.74, 6) is -0.186. The van der Waals surface area contributed by atoms with Crippen LogP contribution in [0.4, 0.5) is 4.39 Å². The van der Waals surface area contributed by atoms with Crippen molar-refractivity contribution in [3.63, 3.8) is 0 Å². The fraction of sp³-hybridized carbons (Fsp3) is 0.625. The highest BCUT2D eigenvalue weighted by molar-refractivity contribution is 6.30. The molecule has 0 amide bonds. The molecule has 1 aromatic carbocycles. The average Bonchev–Trinajstić information content (AvgIpc) is 2.41. The molecule has 0 aliphatic carbocycles. The molecule has 0 saturated heterocycles. The van der Waals surface area contributed by atoms with Crippen LogP contribution in [0.2, 0.25) is 5.02 Å². The van der Waals surface area contributed by atoms with Gasteiger partial charge < -0.3 is 5.32 Å². The fourth-order valence-corrected chi connectivity index (χ4v) is 2.57. The van der Waals surface area contributed by atoms with E-state index in [0.717, 1.165) is 44.3 Å². The smallest absolute Gasteiger partial charge is 0.127 e. The highest BCUT2D eigenvalue weighted by atomic mass is 35.5. The van der Waals surface area contributed by atoms with Crippen molar-refractivity contribution in [2.75, 3.05) is 13.1 Å². The molecule has 1 N–H and O–H groups in total. The second kappa shape index (κ2) is 7.86. The zero-order valence-electron chi connectivity index (χ0n) is 12.2. The molecule has 1 rings (SSSR count). The van der Waals surface area contributed by atoms with Gasteiger partial charge in [0.25, 0.3) is 0 Å². The standard InChI is InChI=1S/C16H25ClFN/c1-4-9-19-12-16(5-2,6-3)11-13-7-8-14(17)10-15(13)18/h7-8,10,19H,4-6,9,11-12H2,1-3H3. The maximum Gasteiger partial charge on any atom is 0.127 e. The molecule has 0 aliphatic rings. The van der Waals surface area contributed by atoms with Crippen LogP contribution in [0.25, 0.3) is 0 Å². The summed E-state index contributed by atoms with van der Waals surface area (Å²) in [7, 11) is 0. The quantitative estimate of drug-likeness (QED) is 0.675. The molecule has 0 fully saturated rings. The number of nitrogens with one attached hydrogen (secondary N) is 1. The molecular weight excluding hydrogens is 261 g/mol. The number of hydrogen-bond acceptors (Lipinski definition) is 1. The predicted octanol–water partition coefficient (Wildman–Crippen LogP) is 4.83. The van der Waals surface area contributed by atoms with E-state index in [2.05, 4.69) is 26.1 Å². The highest BCUT2D eigenvalue weighted by Gasteiger charge is 2.27. The zero-order valence-corrected chi connectivity index (χ0v) is 13.0. The number of halogens is 2. The maximum atomic E-state index is 13.9. The van der Waals surface area contributed by atoms with Crippen LogP contribution in [0.3, 0.4) is 0 Å². The first-order chi connectivity index (χ1) is 9.06. The van der Waals surface area contributed by atoms with Crippen molar-refractivity contribution >= 4 is 11.6 Å². The predicted molar refractivity (Wildman–Crippen MR) is 81.3 cm³/mol. The van der Waals surface area contributed by atoms with Crippen LogP contribution >= 0.6 is 11.6 Å². The molecule has 1 nitrogen and oxygen atoms in total. The first-order valence-corrected chi connectivity index (χ1v) is 7.59. The third-order valence-corrected chi connectivity index (χ3v) is 4.24. The third-order valence-electron chi connectivity index (χ3n) is 4.01. The van der Waals surface area contributed by atoms with Gasteiger partial charge in [-0.25, -0.2) is 4.39 Å². The van der Waals surface area contributed by atoms with Gasteiger partial charge in [0.2, 0.25) is 0 Å². The summed E-state index contributed by atoms with van der Waals surface area (Å²) >= 11 is 5.81. The highest BCUT2D eigenvalue weighted by Crippen LogP contribution is 2.31. The average molecular weight is 286 g/mol. The molecule has 1 aromatic rings. The van der Waals surface area contributed by atoms with Crippen molar-refractivity contribution in [2.24, 2.45) is 5.41 Å². The van der Waals surface area contributed by atoms with E-state index in [0.29, 0.717) is 5.02 Å². The van der Waals surface area contributed by atoms with Crippen LogP contribution in [-0.2, 0) is 6.42 Å². The Morgan fingerprint density at radius 2 is 1.89 bits per heavy atom. The monoisotopic (exact) mass is 285 g/mol. The van der Waals surface area contributed by atoms with E-state index < -0.39 is 0 Å². The lowest BCUT2D eigenvalue weighted by Crippen LogP contribution is -2.36.